The lowest BCUT2D eigenvalue weighted by Gasteiger charge is -2.27. The number of carbonyl (C=O) groups is 3. The molecule has 55 heavy (non-hydrogen) atoms. The van der Waals surface area contributed by atoms with E-state index in [4.69, 9.17) is 10.00 Å². The number of ether oxygens (including phenoxy) is 1. The molecule has 0 spiro atoms. The number of hydrogen-bond donors (Lipinski definition) is 5. The Morgan fingerprint density at radius 2 is 1.58 bits per heavy atom. The molecule has 0 bridgehead atoms. The van der Waals surface area contributed by atoms with E-state index < -0.39 is 18.2 Å². The average Bonchev–Trinajstić information content (AvgIpc) is 3.89. The number of amides is 4. The van der Waals surface area contributed by atoms with Crippen LogP contribution in [0.25, 0.3) is 0 Å². The summed E-state index contributed by atoms with van der Waals surface area (Å²) in [6.07, 6.45) is 5.32. The van der Waals surface area contributed by atoms with Crippen LogP contribution in [0.1, 0.15) is 65.7 Å². The number of benzene rings is 2. The van der Waals surface area contributed by atoms with E-state index in [9.17, 15) is 14.4 Å². The summed E-state index contributed by atoms with van der Waals surface area (Å²) in [7, 11) is 3.20. The fourth-order valence-electron chi connectivity index (χ4n) is 5.68. The number of aromatic nitrogens is 2. The number of urea groups is 1. The second-order valence-electron chi connectivity index (χ2n) is 13.3. The molecule has 0 aliphatic rings. The minimum Gasteiger partial charge on any atom is -0.444 e. The van der Waals surface area contributed by atoms with E-state index in [0.717, 1.165) is 26.7 Å². The maximum atomic E-state index is 14.1. The van der Waals surface area contributed by atoms with Gasteiger partial charge in [-0.15, -0.1) is 22.7 Å². The van der Waals surface area contributed by atoms with Crippen molar-refractivity contribution in [3.8, 4) is 6.19 Å². The molecule has 0 saturated heterocycles. The Morgan fingerprint density at radius 3 is 2.15 bits per heavy atom. The van der Waals surface area contributed by atoms with Crippen molar-refractivity contribution >= 4 is 46.7 Å². The van der Waals surface area contributed by atoms with Crippen molar-refractivity contribution in [2.24, 2.45) is 4.99 Å². The van der Waals surface area contributed by atoms with Crippen LogP contribution in [0.15, 0.2) is 82.7 Å². The van der Waals surface area contributed by atoms with Gasteiger partial charge in [-0.05, 0) is 43.2 Å². The van der Waals surface area contributed by atoms with Gasteiger partial charge in [0.15, 0.2) is 6.19 Å². The zero-order valence-electron chi connectivity index (χ0n) is 31.7. The lowest BCUT2D eigenvalue weighted by atomic mass is 9.95. The molecule has 2 aromatic heterocycles. The molecule has 2 aromatic carbocycles. The number of aliphatic imine (C=N–C) groups is 1. The summed E-state index contributed by atoms with van der Waals surface area (Å²) in [5, 5.41) is 26.6. The number of nitrogens with one attached hydrogen (secondary N) is 5. The highest BCUT2D eigenvalue weighted by atomic mass is 32.1. The third-order valence-corrected chi connectivity index (χ3v) is 10.5. The maximum Gasteiger partial charge on any atom is 0.407 e. The monoisotopic (exact) mass is 786 g/mol. The zero-order chi connectivity index (χ0) is 39.4. The van der Waals surface area contributed by atoms with Crippen LogP contribution in [0.5, 0.6) is 0 Å². The SMILES string of the molecule is CN=C(NC#N)NCCC(NC(=O)N(C)Cc1csc(C(C)C)n1)C(=O)NC(CCC(Cc1ccccc1)NC(=O)OCc1cncs1)Cc1ccccc1. The fraction of sp³-hybridized carbons (Fsp3) is 0.410. The summed E-state index contributed by atoms with van der Waals surface area (Å²) in [6, 6.07) is 17.7. The first-order valence-electron chi connectivity index (χ1n) is 18.1. The van der Waals surface area contributed by atoms with E-state index in [2.05, 4.69) is 55.4 Å². The number of alkyl carbamates (subject to hydrolysis) is 1. The molecule has 4 rings (SSSR count). The first-order chi connectivity index (χ1) is 26.6. The van der Waals surface area contributed by atoms with Crippen LogP contribution >= 0.6 is 22.7 Å². The zero-order valence-corrected chi connectivity index (χ0v) is 33.3. The fourth-order valence-corrected chi connectivity index (χ4v) is 7.01. The molecule has 0 radical (unpaired) electrons. The van der Waals surface area contributed by atoms with Crippen LogP contribution in [0.2, 0.25) is 0 Å². The molecule has 0 fully saturated rings. The molecular formula is C39H50N10O4S2. The first kappa shape index (κ1) is 42.2. The van der Waals surface area contributed by atoms with Gasteiger partial charge in [-0.1, -0.05) is 74.5 Å². The van der Waals surface area contributed by atoms with E-state index in [1.807, 2.05) is 72.2 Å². The van der Waals surface area contributed by atoms with Crippen molar-refractivity contribution in [1.82, 2.24) is 41.5 Å². The molecule has 3 atom stereocenters. The van der Waals surface area contributed by atoms with Gasteiger partial charge in [-0.2, -0.15) is 5.26 Å². The largest absolute Gasteiger partial charge is 0.444 e. The van der Waals surface area contributed by atoms with Crippen LogP contribution in [0, 0.1) is 11.5 Å². The van der Waals surface area contributed by atoms with Gasteiger partial charge in [-0.25, -0.2) is 14.6 Å². The van der Waals surface area contributed by atoms with Gasteiger partial charge < -0.3 is 30.9 Å². The minimum atomic E-state index is -0.928. The van der Waals surface area contributed by atoms with Crippen molar-refractivity contribution in [2.45, 2.75) is 83.1 Å². The second kappa shape index (κ2) is 22.6. The highest BCUT2D eigenvalue weighted by Gasteiger charge is 2.26. The van der Waals surface area contributed by atoms with E-state index in [0.29, 0.717) is 25.7 Å². The Morgan fingerprint density at radius 1 is 0.927 bits per heavy atom. The third-order valence-electron chi connectivity index (χ3n) is 8.56. The van der Waals surface area contributed by atoms with Crippen molar-refractivity contribution in [3.05, 3.63) is 104 Å². The van der Waals surface area contributed by atoms with Gasteiger partial charge in [0.05, 0.1) is 27.6 Å². The number of guanidine groups is 1. The van der Waals surface area contributed by atoms with Crippen LogP contribution in [-0.2, 0) is 35.5 Å². The predicted molar refractivity (Wildman–Crippen MR) is 215 cm³/mol. The molecule has 16 heteroatoms. The summed E-state index contributed by atoms with van der Waals surface area (Å²) in [4.78, 5) is 55.6. The minimum absolute atomic E-state index is 0.124. The molecule has 4 aromatic rings. The topological polar surface area (TPSA) is 186 Å². The average molecular weight is 787 g/mol. The number of nitrogens with zero attached hydrogens (tertiary/aromatic N) is 5. The van der Waals surface area contributed by atoms with Crippen molar-refractivity contribution < 1.29 is 19.1 Å². The van der Waals surface area contributed by atoms with Crippen LogP contribution < -0.4 is 26.6 Å². The molecule has 0 aliphatic heterocycles. The molecule has 292 valence electrons. The normalized spacial score (nSPS) is 12.8. The summed E-state index contributed by atoms with van der Waals surface area (Å²) in [5.74, 6) is 0.167. The highest BCUT2D eigenvalue weighted by molar-refractivity contribution is 7.09. The van der Waals surface area contributed by atoms with Crippen molar-refractivity contribution in [3.63, 3.8) is 0 Å². The van der Waals surface area contributed by atoms with Crippen LogP contribution in [-0.4, -0.2) is 77.6 Å². The van der Waals surface area contributed by atoms with E-state index in [1.54, 1.807) is 30.1 Å². The van der Waals surface area contributed by atoms with Gasteiger partial charge >= 0.3 is 12.1 Å². The Bertz CT molecular complexity index is 1830. The molecule has 4 amide bonds. The highest BCUT2D eigenvalue weighted by Crippen LogP contribution is 2.20. The summed E-state index contributed by atoms with van der Waals surface area (Å²) < 4.78 is 5.50. The van der Waals surface area contributed by atoms with Crippen molar-refractivity contribution in [2.75, 3.05) is 20.6 Å². The molecular weight excluding hydrogens is 737 g/mol. The van der Waals surface area contributed by atoms with Crippen molar-refractivity contribution in [1.29, 1.82) is 5.26 Å². The van der Waals surface area contributed by atoms with Crippen LogP contribution in [0.4, 0.5) is 9.59 Å². The van der Waals surface area contributed by atoms with E-state index in [-0.39, 0.29) is 56.0 Å². The molecule has 5 N–H and O–H groups in total. The molecule has 0 aliphatic carbocycles. The number of carbonyl (C=O) groups excluding carboxylic acids is 3. The van der Waals surface area contributed by atoms with Crippen LogP contribution in [0.3, 0.4) is 0 Å². The van der Waals surface area contributed by atoms with Gasteiger partial charge in [0.25, 0.3) is 0 Å². The number of nitriles is 1. The Balaban J connectivity index is 1.49. The Kier molecular flexibility index (Phi) is 17.4. The lowest BCUT2D eigenvalue weighted by molar-refractivity contribution is -0.123. The van der Waals surface area contributed by atoms with Gasteiger partial charge in [0, 0.05) is 50.2 Å². The maximum absolute atomic E-state index is 14.1. The Labute approximate surface area is 330 Å². The smallest absolute Gasteiger partial charge is 0.407 e. The molecule has 3 unspecified atom stereocenters. The van der Waals surface area contributed by atoms with E-state index >= 15 is 0 Å². The number of rotatable bonds is 19. The first-order valence-corrected chi connectivity index (χ1v) is 19.9. The summed E-state index contributed by atoms with van der Waals surface area (Å²) in [6.45, 7) is 4.78. The van der Waals surface area contributed by atoms with E-state index in [1.165, 1.54) is 23.3 Å². The summed E-state index contributed by atoms with van der Waals surface area (Å²) in [5.41, 5.74) is 4.54. The summed E-state index contributed by atoms with van der Waals surface area (Å²) >= 11 is 2.97. The molecule has 14 nitrogen and oxygen atoms in total. The second-order valence-corrected chi connectivity index (χ2v) is 15.1. The van der Waals surface area contributed by atoms with Gasteiger partial charge in [-0.3, -0.25) is 20.1 Å². The van der Waals surface area contributed by atoms with Gasteiger partial charge in [0.2, 0.25) is 11.9 Å². The Hall–Kier alpha value is -5.53. The quantitative estimate of drug-likeness (QED) is 0.0364. The lowest BCUT2D eigenvalue weighted by Crippen LogP contribution is -2.53. The molecule has 2 heterocycles. The predicted octanol–water partition coefficient (Wildman–Crippen LogP) is 5.31. The van der Waals surface area contributed by atoms with Gasteiger partial charge in [0.1, 0.15) is 12.6 Å². The number of thiazole rings is 2. The standard InChI is InChI=1S/C39H50N10O4S2/c1-27(2)36-46-32(24-54-36)22-49(4)38(51)48-34(17-18-43-37(41-3)44-25-40)35(50)45-30(19-28-11-7-5-8-12-28)15-16-31(20-29-13-9-6-10-14-29)47-39(52)53-23-33-21-42-26-55-33/h5-14,21,24,26-27,30-31,34H,15-20,22-23H2,1-4H3,(H,45,50)(H,47,52)(H,48,51)(H2,41,43,44). The number of hydrogen-bond acceptors (Lipinski definition) is 10. The third kappa shape index (κ3) is 15.0. The molecule has 0 saturated carbocycles.